The molecule has 0 aromatic carbocycles. The van der Waals surface area contributed by atoms with Crippen LogP contribution in [0.5, 0.6) is 0 Å². The van der Waals surface area contributed by atoms with Crippen LogP contribution in [0.3, 0.4) is 0 Å². The van der Waals surface area contributed by atoms with E-state index in [0.717, 1.165) is 12.8 Å². The van der Waals surface area contributed by atoms with Gasteiger partial charge in [-0.3, -0.25) is 4.79 Å². The predicted octanol–water partition coefficient (Wildman–Crippen LogP) is 1.87. The van der Waals surface area contributed by atoms with Crippen LogP contribution in [0.25, 0.3) is 0 Å². The summed E-state index contributed by atoms with van der Waals surface area (Å²) in [6, 6.07) is 0. The van der Waals surface area contributed by atoms with Gasteiger partial charge in [0.2, 0.25) is 11.1 Å². The molecular weight excluding hydrogens is 248 g/mol. The number of Topliss-reactive ketones (excluding diaryl/α,β-unsaturated/α-hetero) is 1. The molecule has 1 aromatic rings. The minimum absolute atomic E-state index is 0.0195. The van der Waals surface area contributed by atoms with Gasteiger partial charge in [0.25, 0.3) is 0 Å². The summed E-state index contributed by atoms with van der Waals surface area (Å²) in [6.07, 6.45) is 2.13. The first-order valence-corrected chi connectivity index (χ1v) is 7.13. The second kappa shape index (κ2) is 3.50. The van der Waals surface area contributed by atoms with E-state index >= 15 is 0 Å². The lowest BCUT2D eigenvalue weighted by molar-refractivity contribution is -0.127. The maximum Gasteiger partial charge on any atom is 0.216 e. The number of rotatable bonds is 2. The van der Waals surface area contributed by atoms with E-state index in [2.05, 4.69) is 36.0 Å². The van der Waals surface area contributed by atoms with Gasteiger partial charge in [0.15, 0.2) is 5.78 Å². The maximum atomic E-state index is 12.6. The van der Waals surface area contributed by atoms with Crippen LogP contribution >= 0.6 is 11.8 Å². The smallest absolute Gasteiger partial charge is 0.216 e. The van der Waals surface area contributed by atoms with Gasteiger partial charge >= 0.3 is 0 Å². The van der Waals surface area contributed by atoms with Gasteiger partial charge in [-0.05, 0) is 24.2 Å². The average Bonchev–Trinajstić information content (AvgIpc) is 2.83. The summed E-state index contributed by atoms with van der Waals surface area (Å²) in [4.78, 5) is 16.7. The number of hydrogen-bond donors (Lipinski definition) is 2. The fourth-order valence-electron chi connectivity index (χ4n) is 3.56. The molecule has 2 aliphatic rings. The van der Waals surface area contributed by atoms with Crippen molar-refractivity contribution in [2.45, 2.75) is 44.0 Å². The van der Waals surface area contributed by atoms with Crippen molar-refractivity contribution in [1.82, 2.24) is 15.2 Å². The summed E-state index contributed by atoms with van der Waals surface area (Å²) in [5, 5.41) is 7.20. The Morgan fingerprint density at radius 3 is 2.67 bits per heavy atom. The molecule has 18 heavy (non-hydrogen) atoms. The van der Waals surface area contributed by atoms with E-state index in [-0.39, 0.29) is 16.1 Å². The molecule has 0 saturated heterocycles. The summed E-state index contributed by atoms with van der Waals surface area (Å²) in [7, 11) is 0. The van der Waals surface area contributed by atoms with Crippen LogP contribution in [-0.4, -0.2) is 26.2 Å². The van der Waals surface area contributed by atoms with Gasteiger partial charge in [-0.2, -0.15) is 4.98 Å². The van der Waals surface area contributed by atoms with Crippen molar-refractivity contribution < 1.29 is 4.79 Å². The van der Waals surface area contributed by atoms with E-state index in [0.29, 0.717) is 22.8 Å². The van der Waals surface area contributed by atoms with E-state index in [4.69, 9.17) is 5.73 Å². The monoisotopic (exact) mass is 266 g/mol. The first kappa shape index (κ1) is 12.0. The van der Waals surface area contributed by atoms with E-state index in [1.165, 1.54) is 11.8 Å². The van der Waals surface area contributed by atoms with Crippen molar-refractivity contribution in [3.05, 3.63) is 0 Å². The zero-order chi connectivity index (χ0) is 13.1. The van der Waals surface area contributed by atoms with Crippen molar-refractivity contribution in [3.63, 3.8) is 0 Å². The molecule has 1 aromatic heterocycles. The lowest BCUT2D eigenvalue weighted by atomic mass is 9.70. The number of nitrogens with zero attached hydrogens (tertiary/aromatic N) is 2. The Morgan fingerprint density at radius 2 is 2.17 bits per heavy atom. The molecule has 1 heterocycles. The van der Waals surface area contributed by atoms with Crippen LogP contribution in [0.15, 0.2) is 5.16 Å². The third-order valence-electron chi connectivity index (χ3n) is 5.19. The molecule has 98 valence electrons. The summed E-state index contributed by atoms with van der Waals surface area (Å²) >= 11 is 1.46. The van der Waals surface area contributed by atoms with Gasteiger partial charge in [0.1, 0.15) is 0 Å². The summed E-state index contributed by atoms with van der Waals surface area (Å²) in [5.74, 6) is 1.08. The van der Waals surface area contributed by atoms with Crippen LogP contribution in [0.2, 0.25) is 0 Å². The maximum absolute atomic E-state index is 12.6. The molecular formula is C12H18N4OS. The normalized spacial score (nSPS) is 37.4. The van der Waals surface area contributed by atoms with Crippen molar-refractivity contribution >= 4 is 23.5 Å². The van der Waals surface area contributed by atoms with E-state index in [1.807, 2.05) is 0 Å². The van der Waals surface area contributed by atoms with Crippen molar-refractivity contribution in [2.24, 2.45) is 16.7 Å². The van der Waals surface area contributed by atoms with Crippen LogP contribution < -0.4 is 5.73 Å². The average molecular weight is 266 g/mol. The second-order valence-electron chi connectivity index (χ2n) is 6.10. The molecule has 0 amide bonds. The van der Waals surface area contributed by atoms with Crippen LogP contribution in [0, 0.1) is 16.7 Å². The topological polar surface area (TPSA) is 84.7 Å². The van der Waals surface area contributed by atoms with Gasteiger partial charge in [0.05, 0.1) is 5.25 Å². The first-order valence-electron chi connectivity index (χ1n) is 6.25. The zero-order valence-electron chi connectivity index (χ0n) is 10.9. The number of nitrogens with one attached hydrogen (secondary N) is 1. The number of aromatic nitrogens is 3. The fraction of sp³-hybridized carbons (Fsp3) is 0.750. The van der Waals surface area contributed by atoms with E-state index in [9.17, 15) is 4.79 Å². The highest BCUT2D eigenvalue weighted by molar-refractivity contribution is 8.00. The highest BCUT2D eigenvalue weighted by Gasteiger charge is 2.66. The third-order valence-corrected chi connectivity index (χ3v) is 6.38. The molecule has 5 nitrogen and oxygen atoms in total. The van der Waals surface area contributed by atoms with Gasteiger partial charge in [-0.15, -0.1) is 5.10 Å². The Kier molecular flexibility index (Phi) is 2.33. The molecule has 2 unspecified atom stereocenters. The highest BCUT2D eigenvalue weighted by atomic mass is 32.2. The zero-order valence-corrected chi connectivity index (χ0v) is 11.7. The molecule has 2 fully saturated rings. The number of aromatic amines is 1. The van der Waals surface area contributed by atoms with Crippen molar-refractivity contribution in [3.8, 4) is 0 Å². The first-order chi connectivity index (χ1) is 8.36. The van der Waals surface area contributed by atoms with E-state index in [1.54, 1.807) is 0 Å². The van der Waals surface area contributed by atoms with Gasteiger partial charge in [-0.25, -0.2) is 5.10 Å². The number of anilines is 1. The largest absolute Gasteiger partial charge is 0.368 e. The Balaban J connectivity index is 1.89. The van der Waals surface area contributed by atoms with Crippen LogP contribution in [0.1, 0.15) is 33.6 Å². The fourth-order valence-corrected chi connectivity index (χ4v) is 5.05. The quantitative estimate of drug-likeness (QED) is 0.853. The lowest BCUT2D eigenvalue weighted by Gasteiger charge is -2.32. The van der Waals surface area contributed by atoms with Crippen molar-refractivity contribution in [1.29, 1.82) is 0 Å². The number of thioether (sulfide) groups is 1. The Bertz CT molecular complexity index is 512. The van der Waals surface area contributed by atoms with Crippen LogP contribution in [-0.2, 0) is 4.79 Å². The summed E-state index contributed by atoms with van der Waals surface area (Å²) < 4.78 is 0. The Hall–Kier alpha value is -1.04. The number of hydrogen-bond acceptors (Lipinski definition) is 5. The molecule has 3 atom stereocenters. The Morgan fingerprint density at radius 1 is 1.44 bits per heavy atom. The molecule has 3 N–H and O–H groups in total. The number of nitrogen functional groups attached to an aromatic ring is 1. The van der Waals surface area contributed by atoms with Gasteiger partial charge < -0.3 is 5.73 Å². The minimum Gasteiger partial charge on any atom is -0.368 e. The number of fused-ring (bicyclic) bond motifs is 2. The predicted molar refractivity (Wildman–Crippen MR) is 70.1 cm³/mol. The number of carbonyl (C=O) groups excluding carboxylic acids is 1. The lowest BCUT2D eigenvalue weighted by Crippen LogP contribution is -2.34. The summed E-state index contributed by atoms with van der Waals surface area (Å²) in [5.41, 5.74) is 5.40. The van der Waals surface area contributed by atoms with Crippen molar-refractivity contribution in [2.75, 3.05) is 5.73 Å². The summed E-state index contributed by atoms with van der Waals surface area (Å²) in [6.45, 7) is 6.55. The molecule has 0 radical (unpaired) electrons. The molecule has 2 aliphatic carbocycles. The third kappa shape index (κ3) is 1.32. The number of carbonyl (C=O) groups is 1. The highest BCUT2D eigenvalue weighted by Crippen LogP contribution is 2.66. The molecule has 6 heteroatoms. The van der Waals surface area contributed by atoms with Gasteiger partial charge in [0, 0.05) is 5.41 Å². The number of H-pyrrole nitrogens is 1. The van der Waals surface area contributed by atoms with Gasteiger partial charge in [-0.1, -0.05) is 32.5 Å². The molecule has 2 saturated carbocycles. The standard InChI is InChI=1S/C12H18N4OS/c1-11(2)6-4-5-12(11,3)8(17)7(6)18-10-14-9(13)15-16-10/h6-7H,4-5H2,1-3H3,(H3,13,14,15,16)/t6-,7?,12?/m1/s1. The molecule has 2 bridgehead atoms. The number of ketones is 1. The molecule has 0 spiro atoms. The molecule has 3 rings (SSSR count). The SMILES string of the molecule is CC12CC[C@H](C(Sc3n[nH]c(N)n3)C1=O)C2(C)C. The molecule has 0 aliphatic heterocycles. The van der Waals surface area contributed by atoms with E-state index < -0.39 is 0 Å². The second-order valence-corrected chi connectivity index (χ2v) is 7.21. The minimum atomic E-state index is -0.183. The van der Waals surface area contributed by atoms with Crippen LogP contribution in [0.4, 0.5) is 5.95 Å². The Labute approximate surface area is 110 Å². The number of nitrogens with two attached hydrogens (primary N) is 1.